The summed E-state index contributed by atoms with van der Waals surface area (Å²) in [4.78, 5) is 36.2. The van der Waals surface area contributed by atoms with Crippen LogP contribution in [0.3, 0.4) is 0 Å². The molecule has 2 aliphatic rings. The first kappa shape index (κ1) is 40.9. The molecule has 1 fully saturated rings. The molecule has 0 spiro atoms. The van der Waals surface area contributed by atoms with Gasteiger partial charge in [-0.05, 0) is 103 Å². The zero-order valence-corrected chi connectivity index (χ0v) is 35.5. The second-order valence-corrected chi connectivity index (χ2v) is 16.1. The van der Waals surface area contributed by atoms with Crippen molar-refractivity contribution in [2.24, 2.45) is 7.05 Å². The Hall–Kier alpha value is -5.87. The van der Waals surface area contributed by atoms with Crippen LogP contribution in [-0.2, 0) is 37.9 Å². The van der Waals surface area contributed by atoms with Gasteiger partial charge in [0.25, 0.3) is 11.8 Å². The van der Waals surface area contributed by atoms with Gasteiger partial charge in [0, 0.05) is 72.5 Å². The molecular formula is C50H51ClN4O5. The van der Waals surface area contributed by atoms with Crippen LogP contribution in [0, 0.1) is 13.8 Å². The van der Waals surface area contributed by atoms with E-state index in [0.717, 1.165) is 71.1 Å². The zero-order chi connectivity index (χ0) is 41.8. The number of nitrogens with zero attached hydrogens (tertiary/aromatic N) is 4. The average Bonchev–Trinajstić information content (AvgIpc) is 3.58. The van der Waals surface area contributed by atoms with Crippen LogP contribution in [-0.4, -0.2) is 72.2 Å². The Labute approximate surface area is 357 Å². The molecule has 2 amide bonds. The van der Waals surface area contributed by atoms with Crippen LogP contribution in [0.1, 0.15) is 54.2 Å². The molecule has 0 radical (unpaired) electrons. The fourth-order valence-electron chi connectivity index (χ4n) is 8.43. The maximum Gasteiger partial charge on any atom is 0.260 e. The summed E-state index contributed by atoms with van der Waals surface area (Å²) in [6.45, 7) is 9.02. The van der Waals surface area contributed by atoms with Crippen molar-refractivity contribution in [3.63, 3.8) is 0 Å². The third-order valence-corrected chi connectivity index (χ3v) is 12.3. The first-order chi connectivity index (χ1) is 29.2. The van der Waals surface area contributed by atoms with Crippen LogP contribution < -0.4 is 14.4 Å². The molecule has 0 aliphatic carbocycles. The number of carbonyl (C=O) groups is 2. The number of morpholine rings is 1. The summed E-state index contributed by atoms with van der Waals surface area (Å²) in [5.41, 5.74) is 9.37. The highest BCUT2D eigenvalue weighted by atomic mass is 35.5. The molecule has 10 heteroatoms. The Kier molecular flexibility index (Phi) is 12.4. The number of rotatable bonds is 12. The minimum absolute atomic E-state index is 0.0231. The Morgan fingerprint density at radius 3 is 2.32 bits per heavy atom. The lowest BCUT2D eigenvalue weighted by molar-refractivity contribution is 0.0193. The Balaban J connectivity index is 1.13. The van der Waals surface area contributed by atoms with E-state index >= 15 is 4.79 Å². The predicted molar refractivity (Wildman–Crippen MR) is 237 cm³/mol. The number of anilines is 1. The zero-order valence-electron chi connectivity index (χ0n) is 34.7. The summed E-state index contributed by atoms with van der Waals surface area (Å²) < 4.78 is 19.4. The van der Waals surface area contributed by atoms with Gasteiger partial charge in [-0.1, -0.05) is 78.3 Å². The van der Waals surface area contributed by atoms with Gasteiger partial charge in [-0.3, -0.25) is 14.5 Å². The van der Waals surface area contributed by atoms with Crippen LogP contribution in [0.15, 0.2) is 121 Å². The molecule has 60 heavy (non-hydrogen) atoms. The van der Waals surface area contributed by atoms with E-state index in [9.17, 15) is 4.79 Å². The van der Waals surface area contributed by atoms with Gasteiger partial charge in [0.15, 0.2) is 0 Å². The molecule has 8 rings (SSSR count). The maximum atomic E-state index is 15.0. The van der Waals surface area contributed by atoms with Gasteiger partial charge >= 0.3 is 0 Å². The maximum absolute atomic E-state index is 15.0. The number of carbonyl (C=O) groups excluding carboxylic acids is 2. The van der Waals surface area contributed by atoms with Crippen LogP contribution in [0.4, 0.5) is 5.69 Å². The van der Waals surface area contributed by atoms with Gasteiger partial charge in [-0.2, -0.15) is 0 Å². The molecule has 1 atom stereocenters. The van der Waals surface area contributed by atoms with Gasteiger partial charge in [0.05, 0.1) is 32.4 Å². The first-order valence-electron chi connectivity index (χ1n) is 20.5. The molecule has 3 heterocycles. The van der Waals surface area contributed by atoms with Crippen LogP contribution in [0.2, 0.25) is 5.02 Å². The number of benzene rings is 5. The molecule has 308 valence electrons. The van der Waals surface area contributed by atoms with Crippen LogP contribution >= 0.6 is 11.6 Å². The molecular weight excluding hydrogens is 772 g/mol. The highest BCUT2D eigenvalue weighted by molar-refractivity contribution is 6.31. The third kappa shape index (κ3) is 8.70. The van der Waals surface area contributed by atoms with Gasteiger partial charge in [0.1, 0.15) is 18.1 Å². The molecule has 0 bridgehead atoms. The second-order valence-electron chi connectivity index (χ2n) is 15.7. The van der Waals surface area contributed by atoms with Crippen molar-refractivity contribution >= 4 is 29.1 Å². The van der Waals surface area contributed by atoms with Crippen molar-refractivity contribution in [2.45, 2.75) is 46.0 Å². The van der Waals surface area contributed by atoms with E-state index in [-0.39, 0.29) is 17.9 Å². The lowest BCUT2D eigenvalue weighted by atomic mass is 9.92. The van der Waals surface area contributed by atoms with Crippen LogP contribution in [0.5, 0.6) is 11.5 Å². The number of amides is 2. The number of halogens is 1. The highest BCUT2D eigenvalue weighted by Gasteiger charge is 2.34. The van der Waals surface area contributed by atoms with Gasteiger partial charge < -0.3 is 28.6 Å². The summed E-state index contributed by atoms with van der Waals surface area (Å²) in [5.74, 6) is 1.21. The third-order valence-electron chi connectivity index (χ3n) is 12.0. The summed E-state index contributed by atoms with van der Waals surface area (Å²) in [6.07, 6.45) is 0.771. The number of methoxy groups -OCH3 is 1. The SMILES string of the molecule is COc1cccc(CN(C(=O)c2cc(-c3cc(Cl)ccc3C(=O)N3Cc4ccccc4C[C@H]3CN3CCOCC3)n(C)c2C)c2ccc(OCc3ccccc3)cc2)c1C. The minimum Gasteiger partial charge on any atom is -0.496 e. The van der Waals surface area contributed by atoms with E-state index < -0.39 is 0 Å². The molecule has 0 N–H and O–H groups in total. The van der Waals surface area contributed by atoms with Crippen molar-refractivity contribution < 1.29 is 23.8 Å². The Bertz CT molecular complexity index is 2480. The largest absolute Gasteiger partial charge is 0.496 e. The average molecular weight is 823 g/mol. The van der Waals surface area contributed by atoms with Gasteiger partial charge in [0.2, 0.25) is 0 Å². The normalized spacial score (nSPS) is 15.3. The lowest BCUT2D eigenvalue weighted by Gasteiger charge is -2.40. The Morgan fingerprint density at radius 2 is 1.57 bits per heavy atom. The number of aromatic nitrogens is 1. The van der Waals surface area contributed by atoms with Crippen molar-refractivity contribution in [3.05, 3.63) is 171 Å². The number of fused-ring (bicyclic) bond motifs is 1. The first-order valence-corrected chi connectivity index (χ1v) is 20.9. The molecule has 0 saturated carbocycles. The summed E-state index contributed by atoms with van der Waals surface area (Å²) >= 11 is 6.73. The number of hydrogen-bond donors (Lipinski definition) is 0. The van der Waals surface area contributed by atoms with Gasteiger partial charge in [-0.15, -0.1) is 0 Å². The van der Waals surface area contributed by atoms with E-state index in [4.69, 9.17) is 25.8 Å². The van der Waals surface area contributed by atoms with Crippen molar-refractivity contribution in [2.75, 3.05) is 44.9 Å². The molecule has 0 unspecified atom stereocenters. The van der Waals surface area contributed by atoms with E-state index in [1.54, 1.807) is 18.1 Å². The molecule has 1 aromatic heterocycles. The molecule has 2 aliphatic heterocycles. The van der Waals surface area contributed by atoms with E-state index in [1.165, 1.54) is 5.56 Å². The van der Waals surface area contributed by atoms with Crippen molar-refractivity contribution in [1.29, 1.82) is 0 Å². The number of ether oxygens (including phenoxy) is 3. The number of hydrogen-bond acceptors (Lipinski definition) is 6. The van der Waals surface area contributed by atoms with E-state index in [0.29, 0.717) is 60.4 Å². The van der Waals surface area contributed by atoms with Crippen LogP contribution in [0.25, 0.3) is 11.3 Å². The molecule has 6 aromatic rings. The summed E-state index contributed by atoms with van der Waals surface area (Å²) in [6, 6.07) is 39.3. The molecule has 9 nitrogen and oxygen atoms in total. The summed E-state index contributed by atoms with van der Waals surface area (Å²) in [7, 11) is 3.59. The lowest BCUT2D eigenvalue weighted by Crippen LogP contribution is -2.52. The fraction of sp³-hybridized carbons (Fsp3) is 0.280. The highest BCUT2D eigenvalue weighted by Crippen LogP contribution is 2.35. The van der Waals surface area contributed by atoms with E-state index in [2.05, 4.69) is 23.1 Å². The fourth-order valence-corrected chi connectivity index (χ4v) is 8.60. The summed E-state index contributed by atoms with van der Waals surface area (Å²) in [5, 5.41) is 0.506. The smallest absolute Gasteiger partial charge is 0.260 e. The minimum atomic E-state index is -0.178. The molecule has 1 saturated heterocycles. The molecule has 5 aromatic carbocycles. The van der Waals surface area contributed by atoms with Crippen molar-refractivity contribution in [1.82, 2.24) is 14.4 Å². The standard InChI is InChI=1S/C50H51ClN4O5/c1-34-38(15-10-16-48(34)58-4)30-54(41-18-20-43(21-19-41)60-33-36-11-6-5-7-12-36)50(57)45-29-47(52(3)35(45)2)46-28-40(51)17-22-44(46)49(56)55-31-39-14-9-8-13-37(39)27-42(55)32-53-23-25-59-26-24-53/h5-22,28-29,42H,23-27,30-33H2,1-4H3/t42-/m0/s1. The predicted octanol–water partition coefficient (Wildman–Crippen LogP) is 9.30. The Morgan fingerprint density at radius 1 is 0.833 bits per heavy atom. The second kappa shape index (κ2) is 18.2. The topological polar surface area (TPSA) is 76.5 Å². The van der Waals surface area contributed by atoms with E-state index in [1.807, 2.05) is 127 Å². The van der Waals surface area contributed by atoms with Gasteiger partial charge in [-0.25, -0.2) is 0 Å². The monoisotopic (exact) mass is 822 g/mol. The van der Waals surface area contributed by atoms with Crippen molar-refractivity contribution in [3.8, 4) is 22.8 Å². The quantitative estimate of drug-likeness (QED) is 0.123.